The highest BCUT2D eigenvalue weighted by atomic mass is 16.5. The molecule has 19 heavy (non-hydrogen) atoms. The Kier molecular flexibility index (Phi) is 4.03. The minimum absolute atomic E-state index is 0.349. The molecule has 0 saturated carbocycles. The smallest absolute Gasteiger partial charge is 0.252 e. The van der Waals surface area contributed by atoms with Crippen LogP contribution in [0.5, 0.6) is 5.75 Å². The lowest BCUT2D eigenvalue weighted by Crippen LogP contribution is -2.14. The first-order valence-corrected chi connectivity index (χ1v) is 6.03. The van der Waals surface area contributed by atoms with Crippen molar-refractivity contribution >= 4 is 11.6 Å². The Morgan fingerprint density at radius 3 is 2.53 bits per heavy atom. The molecule has 0 radical (unpaired) electrons. The van der Waals surface area contributed by atoms with E-state index in [4.69, 9.17) is 16.2 Å². The summed E-state index contributed by atoms with van der Waals surface area (Å²) in [6.45, 7) is 0.466. The highest BCUT2D eigenvalue weighted by Gasteiger charge is 2.09. The summed E-state index contributed by atoms with van der Waals surface area (Å²) >= 11 is 0. The molecule has 0 aromatic heterocycles. The molecule has 0 atom stereocenters. The van der Waals surface area contributed by atoms with E-state index < -0.39 is 5.91 Å². The van der Waals surface area contributed by atoms with Gasteiger partial charge in [0.05, 0.1) is 12.2 Å². The van der Waals surface area contributed by atoms with Gasteiger partial charge in [-0.3, -0.25) is 4.79 Å². The fraction of sp³-hybridized carbons (Fsp3) is 0.133. The molecule has 0 spiro atoms. The van der Waals surface area contributed by atoms with Gasteiger partial charge in [-0.25, -0.2) is 0 Å². The van der Waals surface area contributed by atoms with Crippen LogP contribution in [-0.2, 0) is 6.42 Å². The van der Waals surface area contributed by atoms with Crippen molar-refractivity contribution in [3.8, 4) is 5.75 Å². The van der Waals surface area contributed by atoms with E-state index in [0.29, 0.717) is 23.6 Å². The first-order chi connectivity index (χ1) is 9.16. The molecule has 4 nitrogen and oxygen atoms in total. The first kappa shape index (κ1) is 13.0. The van der Waals surface area contributed by atoms with Gasteiger partial charge in [0, 0.05) is 18.2 Å². The van der Waals surface area contributed by atoms with Crippen molar-refractivity contribution in [1.29, 1.82) is 0 Å². The number of carbonyl (C=O) groups is 1. The standard InChI is InChI=1S/C15H16N2O2/c16-12-6-7-13(15(17)18)14(10-12)19-9-8-11-4-2-1-3-5-11/h1-7,10H,8-9,16H2,(H2,17,18). The van der Waals surface area contributed by atoms with Crippen LogP contribution in [0.2, 0.25) is 0 Å². The zero-order valence-electron chi connectivity index (χ0n) is 10.5. The Hall–Kier alpha value is -2.49. The SMILES string of the molecule is NC(=O)c1ccc(N)cc1OCCc1ccccc1. The van der Waals surface area contributed by atoms with Crippen LogP contribution in [0.1, 0.15) is 15.9 Å². The molecule has 2 aromatic carbocycles. The van der Waals surface area contributed by atoms with Gasteiger partial charge < -0.3 is 16.2 Å². The molecular weight excluding hydrogens is 240 g/mol. The van der Waals surface area contributed by atoms with Gasteiger partial charge >= 0.3 is 0 Å². The number of benzene rings is 2. The molecular formula is C15H16N2O2. The summed E-state index contributed by atoms with van der Waals surface area (Å²) in [6, 6.07) is 14.8. The molecule has 0 aliphatic carbocycles. The quantitative estimate of drug-likeness (QED) is 0.803. The monoisotopic (exact) mass is 256 g/mol. The first-order valence-electron chi connectivity index (χ1n) is 6.03. The number of anilines is 1. The molecule has 4 N–H and O–H groups in total. The number of primary amides is 1. The Morgan fingerprint density at radius 1 is 1.11 bits per heavy atom. The van der Waals surface area contributed by atoms with Crippen LogP contribution in [0.15, 0.2) is 48.5 Å². The number of nitrogen functional groups attached to an aromatic ring is 1. The van der Waals surface area contributed by atoms with Crippen LogP contribution in [-0.4, -0.2) is 12.5 Å². The van der Waals surface area contributed by atoms with Crippen molar-refractivity contribution in [1.82, 2.24) is 0 Å². The maximum atomic E-state index is 11.3. The fourth-order valence-electron chi connectivity index (χ4n) is 1.79. The Balaban J connectivity index is 2.03. The van der Waals surface area contributed by atoms with Gasteiger partial charge in [-0.2, -0.15) is 0 Å². The number of amides is 1. The predicted octanol–water partition coefficient (Wildman–Crippen LogP) is 1.99. The second-order valence-corrected chi connectivity index (χ2v) is 4.20. The van der Waals surface area contributed by atoms with Crippen LogP contribution in [0.3, 0.4) is 0 Å². The minimum atomic E-state index is -0.519. The van der Waals surface area contributed by atoms with Gasteiger partial charge in [0.25, 0.3) is 5.91 Å². The summed E-state index contributed by atoms with van der Waals surface area (Å²) in [5.74, 6) is -0.0851. The fourth-order valence-corrected chi connectivity index (χ4v) is 1.79. The van der Waals surface area contributed by atoms with Gasteiger partial charge in [0.2, 0.25) is 0 Å². The van der Waals surface area contributed by atoms with Gasteiger partial charge in [-0.1, -0.05) is 30.3 Å². The number of nitrogens with two attached hydrogens (primary N) is 2. The van der Waals surface area contributed by atoms with Crippen LogP contribution < -0.4 is 16.2 Å². The van der Waals surface area contributed by atoms with Crippen LogP contribution in [0.4, 0.5) is 5.69 Å². The third-order valence-corrected chi connectivity index (χ3v) is 2.76. The van der Waals surface area contributed by atoms with Gasteiger partial charge in [-0.15, -0.1) is 0 Å². The largest absolute Gasteiger partial charge is 0.492 e. The highest BCUT2D eigenvalue weighted by Crippen LogP contribution is 2.21. The van der Waals surface area contributed by atoms with Gasteiger partial charge in [-0.05, 0) is 17.7 Å². The minimum Gasteiger partial charge on any atom is -0.492 e. The maximum absolute atomic E-state index is 11.3. The van der Waals surface area contributed by atoms with Gasteiger partial charge in [0.15, 0.2) is 0 Å². The number of hydrogen-bond acceptors (Lipinski definition) is 3. The predicted molar refractivity (Wildman–Crippen MR) is 75.0 cm³/mol. The summed E-state index contributed by atoms with van der Waals surface area (Å²) in [7, 11) is 0. The molecule has 0 heterocycles. The van der Waals surface area contributed by atoms with E-state index in [0.717, 1.165) is 6.42 Å². The summed E-state index contributed by atoms with van der Waals surface area (Å²) in [5, 5.41) is 0. The molecule has 0 aliphatic rings. The number of rotatable bonds is 5. The lowest BCUT2D eigenvalue weighted by molar-refractivity contribution is 0.0996. The maximum Gasteiger partial charge on any atom is 0.252 e. The summed E-state index contributed by atoms with van der Waals surface area (Å²) in [4.78, 5) is 11.3. The second kappa shape index (κ2) is 5.91. The van der Waals surface area contributed by atoms with E-state index in [2.05, 4.69) is 0 Å². The highest BCUT2D eigenvalue weighted by molar-refractivity contribution is 5.96. The Labute approximate surface area is 112 Å². The van der Waals surface area contributed by atoms with Crippen molar-refractivity contribution in [2.45, 2.75) is 6.42 Å². The van der Waals surface area contributed by atoms with Crippen molar-refractivity contribution in [2.24, 2.45) is 5.73 Å². The van der Waals surface area contributed by atoms with E-state index in [1.807, 2.05) is 30.3 Å². The van der Waals surface area contributed by atoms with E-state index in [-0.39, 0.29) is 0 Å². The molecule has 0 aliphatic heterocycles. The zero-order valence-corrected chi connectivity index (χ0v) is 10.5. The molecule has 0 unspecified atom stereocenters. The van der Waals surface area contributed by atoms with Crippen LogP contribution >= 0.6 is 0 Å². The lowest BCUT2D eigenvalue weighted by atomic mass is 10.1. The van der Waals surface area contributed by atoms with Crippen molar-refractivity contribution in [3.05, 3.63) is 59.7 Å². The average molecular weight is 256 g/mol. The molecule has 0 fully saturated rings. The van der Waals surface area contributed by atoms with E-state index in [1.54, 1.807) is 18.2 Å². The normalized spacial score (nSPS) is 10.1. The van der Waals surface area contributed by atoms with Crippen molar-refractivity contribution in [2.75, 3.05) is 12.3 Å². The van der Waals surface area contributed by atoms with Crippen molar-refractivity contribution in [3.63, 3.8) is 0 Å². The number of hydrogen-bond donors (Lipinski definition) is 2. The summed E-state index contributed by atoms with van der Waals surface area (Å²) in [5.41, 5.74) is 13.0. The van der Waals surface area contributed by atoms with Gasteiger partial charge in [0.1, 0.15) is 5.75 Å². The summed E-state index contributed by atoms with van der Waals surface area (Å²) < 4.78 is 5.60. The Bertz CT molecular complexity index is 568. The summed E-state index contributed by atoms with van der Waals surface area (Å²) in [6.07, 6.45) is 0.758. The van der Waals surface area contributed by atoms with E-state index in [1.165, 1.54) is 5.56 Å². The van der Waals surface area contributed by atoms with E-state index >= 15 is 0 Å². The van der Waals surface area contributed by atoms with Crippen molar-refractivity contribution < 1.29 is 9.53 Å². The molecule has 4 heteroatoms. The molecule has 0 bridgehead atoms. The van der Waals surface area contributed by atoms with Crippen LogP contribution in [0.25, 0.3) is 0 Å². The number of ether oxygens (including phenoxy) is 1. The molecule has 1 amide bonds. The molecule has 2 rings (SSSR count). The molecule has 98 valence electrons. The zero-order chi connectivity index (χ0) is 13.7. The third kappa shape index (κ3) is 3.48. The number of carbonyl (C=O) groups excluding carboxylic acids is 1. The average Bonchev–Trinajstić information content (AvgIpc) is 2.39. The second-order valence-electron chi connectivity index (χ2n) is 4.20. The molecule has 0 saturated heterocycles. The Morgan fingerprint density at radius 2 is 1.84 bits per heavy atom. The van der Waals surface area contributed by atoms with E-state index in [9.17, 15) is 4.79 Å². The van der Waals surface area contributed by atoms with Crippen LogP contribution in [0, 0.1) is 0 Å². The third-order valence-electron chi connectivity index (χ3n) is 2.76. The lowest BCUT2D eigenvalue weighted by Gasteiger charge is -2.10. The topological polar surface area (TPSA) is 78.3 Å². The molecule has 2 aromatic rings.